The summed E-state index contributed by atoms with van der Waals surface area (Å²) in [5.41, 5.74) is 0.147. The molecule has 1 rings (SSSR count). The lowest BCUT2D eigenvalue weighted by molar-refractivity contribution is 0.0839. The Morgan fingerprint density at radius 2 is 2.25 bits per heavy atom. The minimum atomic E-state index is -0.664. The Kier molecular flexibility index (Phi) is 4.26. The quantitative estimate of drug-likeness (QED) is 0.759. The summed E-state index contributed by atoms with van der Waals surface area (Å²) in [7, 11) is 2.85. The van der Waals surface area contributed by atoms with Crippen LogP contribution in [0.4, 0.5) is 4.79 Å². The number of methoxy groups -OCH3 is 1. The number of ether oxygens (including phenoxy) is 2. The molecule has 1 heterocycles. The van der Waals surface area contributed by atoms with Crippen molar-refractivity contribution in [1.29, 1.82) is 0 Å². The van der Waals surface area contributed by atoms with Gasteiger partial charge in [0.2, 0.25) is 5.78 Å². The van der Waals surface area contributed by atoms with Crippen LogP contribution >= 0.6 is 0 Å². The van der Waals surface area contributed by atoms with Gasteiger partial charge in [-0.3, -0.25) is 4.79 Å². The zero-order valence-electron chi connectivity index (χ0n) is 9.02. The Hall–Kier alpha value is -2.11. The molecule has 0 aliphatic rings. The SMILES string of the molecule is CNC(=O)OCC(=O)c1ncccc1OC. The molecule has 0 bridgehead atoms. The van der Waals surface area contributed by atoms with E-state index in [0.29, 0.717) is 5.75 Å². The second-order valence-electron chi connectivity index (χ2n) is 2.80. The van der Waals surface area contributed by atoms with Crippen LogP contribution in [0.15, 0.2) is 18.3 Å². The highest BCUT2D eigenvalue weighted by molar-refractivity contribution is 5.98. The van der Waals surface area contributed by atoms with E-state index in [1.807, 2.05) is 0 Å². The minimum absolute atomic E-state index is 0.147. The fourth-order valence-electron chi connectivity index (χ4n) is 1.04. The molecule has 1 aromatic rings. The molecule has 6 heteroatoms. The normalized spacial score (nSPS) is 9.38. The molecule has 1 aromatic heterocycles. The third-order valence-electron chi connectivity index (χ3n) is 1.79. The van der Waals surface area contributed by atoms with Crippen LogP contribution in [0, 0.1) is 0 Å². The van der Waals surface area contributed by atoms with Gasteiger partial charge in [-0.15, -0.1) is 0 Å². The van der Waals surface area contributed by atoms with Crippen LogP contribution in [0.1, 0.15) is 10.5 Å². The fourth-order valence-corrected chi connectivity index (χ4v) is 1.04. The predicted octanol–water partition coefficient (Wildman–Crippen LogP) is 0.629. The molecule has 0 radical (unpaired) electrons. The van der Waals surface area contributed by atoms with Gasteiger partial charge in [-0.05, 0) is 12.1 Å². The summed E-state index contributed by atoms with van der Waals surface area (Å²) in [6.07, 6.45) is 0.804. The molecule has 86 valence electrons. The molecule has 0 aromatic carbocycles. The predicted molar refractivity (Wildman–Crippen MR) is 55.5 cm³/mol. The van der Waals surface area contributed by atoms with Gasteiger partial charge < -0.3 is 14.8 Å². The van der Waals surface area contributed by atoms with Crippen molar-refractivity contribution in [3.8, 4) is 5.75 Å². The van der Waals surface area contributed by atoms with Gasteiger partial charge in [0.1, 0.15) is 5.75 Å². The van der Waals surface area contributed by atoms with E-state index in [2.05, 4.69) is 15.0 Å². The molecule has 0 saturated carbocycles. The third-order valence-corrected chi connectivity index (χ3v) is 1.79. The van der Waals surface area contributed by atoms with Gasteiger partial charge in [0, 0.05) is 13.2 Å². The zero-order valence-corrected chi connectivity index (χ0v) is 9.02. The molecule has 0 atom stereocenters. The lowest BCUT2D eigenvalue weighted by Crippen LogP contribution is -2.23. The maximum Gasteiger partial charge on any atom is 0.407 e. The number of nitrogens with one attached hydrogen (secondary N) is 1. The second-order valence-corrected chi connectivity index (χ2v) is 2.80. The number of ketones is 1. The number of Topliss-reactive ketones (excluding diaryl/α,β-unsaturated/α-hetero) is 1. The van der Waals surface area contributed by atoms with Gasteiger partial charge >= 0.3 is 6.09 Å². The molecule has 0 spiro atoms. The first-order valence-corrected chi connectivity index (χ1v) is 4.55. The zero-order chi connectivity index (χ0) is 12.0. The Bertz CT molecular complexity index is 392. The molecule has 0 aliphatic carbocycles. The summed E-state index contributed by atoms with van der Waals surface area (Å²) in [4.78, 5) is 26.2. The average molecular weight is 224 g/mol. The van der Waals surface area contributed by atoms with Crippen molar-refractivity contribution in [2.45, 2.75) is 0 Å². The highest BCUT2D eigenvalue weighted by Crippen LogP contribution is 2.14. The average Bonchev–Trinajstić information content (AvgIpc) is 2.35. The lowest BCUT2D eigenvalue weighted by Gasteiger charge is -2.06. The first-order chi connectivity index (χ1) is 7.69. The minimum Gasteiger partial charge on any atom is -0.494 e. The molecule has 0 saturated heterocycles. The number of amides is 1. The van der Waals surface area contributed by atoms with Crippen molar-refractivity contribution in [2.24, 2.45) is 0 Å². The highest BCUT2D eigenvalue weighted by Gasteiger charge is 2.14. The van der Waals surface area contributed by atoms with E-state index in [4.69, 9.17) is 4.74 Å². The number of carbonyl (C=O) groups is 2. The van der Waals surface area contributed by atoms with E-state index in [1.165, 1.54) is 20.4 Å². The van der Waals surface area contributed by atoms with E-state index < -0.39 is 11.9 Å². The fraction of sp³-hybridized carbons (Fsp3) is 0.300. The van der Waals surface area contributed by atoms with E-state index in [0.717, 1.165) is 0 Å². The molecule has 0 unspecified atom stereocenters. The summed E-state index contributed by atoms with van der Waals surface area (Å²) < 4.78 is 9.57. The molecule has 0 aliphatic heterocycles. The summed E-state index contributed by atoms with van der Waals surface area (Å²) in [5.74, 6) is -0.0611. The number of rotatable bonds is 4. The molecule has 1 N–H and O–H groups in total. The maximum atomic E-state index is 11.6. The Balaban J connectivity index is 2.69. The lowest BCUT2D eigenvalue weighted by atomic mass is 10.2. The van der Waals surface area contributed by atoms with Crippen molar-refractivity contribution in [3.63, 3.8) is 0 Å². The first-order valence-electron chi connectivity index (χ1n) is 4.55. The number of aromatic nitrogens is 1. The summed E-state index contributed by atoms with van der Waals surface area (Å²) in [5, 5.41) is 2.24. The maximum absolute atomic E-state index is 11.6. The van der Waals surface area contributed by atoms with Gasteiger partial charge in [-0.25, -0.2) is 9.78 Å². The van der Waals surface area contributed by atoms with Crippen LogP contribution in [0.25, 0.3) is 0 Å². The van der Waals surface area contributed by atoms with Crippen LogP contribution < -0.4 is 10.1 Å². The Morgan fingerprint density at radius 1 is 1.50 bits per heavy atom. The molecular weight excluding hydrogens is 212 g/mol. The highest BCUT2D eigenvalue weighted by atomic mass is 16.6. The largest absolute Gasteiger partial charge is 0.494 e. The van der Waals surface area contributed by atoms with Gasteiger partial charge in [-0.1, -0.05) is 0 Å². The van der Waals surface area contributed by atoms with E-state index in [9.17, 15) is 9.59 Å². The van der Waals surface area contributed by atoms with Crippen molar-refractivity contribution >= 4 is 11.9 Å². The number of nitrogens with zero attached hydrogens (tertiary/aromatic N) is 1. The molecule has 1 amide bonds. The van der Waals surface area contributed by atoms with E-state index >= 15 is 0 Å². The van der Waals surface area contributed by atoms with Gasteiger partial charge in [0.15, 0.2) is 12.3 Å². The monoisotopic (exact) mass is 224 g/mol. The van der Waals surface area contributed by atoms with Crippen molar-refractivity contribution < 1.29 is 19.1 Å². The van der Waals surface area contributed by atoms with Gasteiger partial charge in [0.05, 0.1) is 7.11 Å². The smallest absolute Gasteiger partial charge is 0.407 e. The Labute approximate surface area is 92.6 Å². The molecule has 0 fully saturated rings. The first kappa shape index (κ1) is 12.0. The number of hydrogen-bond acceptors (Lipinski definition) is 5. The number of pyridine rings is 1. The van der Waals surface area contributed by atoms with Crippen molar-refractivity contribution in [3.05, 3.63) is 24.0 Å². The molecule has 6 nitrogen and oxygen atoms in total. The van der Waals surface area contributed by atoms with Crippen molar-refractivity contribution in [1.82, 2.24) is 10.3 Å². The van der Waals surface area contributed by atoms with Crippen LogP contribution in [0.2, 0.25) is 0 Å². The standard InChI is InChI=1S/C10H12N2O4/c1-11-10(14)16-6-7(13)9-8(15-2)4-3-5-12-9/h3-5H,6H2,1-2H3,(H,11,14). The van der Waals surface area contributed by atoms with E-state index in [1.54, 1.807) is 12.1 Å². The Morgan fingerprint density at radius 3 is 2.88 bits per heavy atom. The van der Waals surface area contributed by atoms with Crippen LogP contribution in [-0.2, 0) is 4.74 Å². The molecular formula is C10H12N2O4. The number of hydrogen-bond donors (Lipinski definition) is 1. The topological polar surface area (TPSA) is 77.5 Å². The molecule has 16 heavy (non-hydrogen) atoms. The summed E-state index contributed by atoms with van der Waals surface area (Å²) in [6.45, 7) is -0.368. The summed E-state index contributed by atoms with van der Waals surface area (Å²) in [6, 6.07) is 3.26. The van der Waals surface area contributed by atoms with Crippen LogP contribution in [0.3, 0.4) is 0 Å². The van der Waals surface area contributed by atoms with Crippen LogP contribution in [0.5, 0.6) is 5.75 Å². The number of alkyl carbamates (subject to hydrolysis) is 1. The van der Waals surface area contributed by atoms with Crippen molar-refractivity contribution in [2.75, 3.05) is 20.8 Å². The van der Waals surface area contributed by atoms with Crippen LogP contribution in [-0.4, -0.2) is 37.6 Å². The van der Waals surface area contributed by atoms with E-state index in [-0.39, 0.29) is 12.3 Å². The third kappa shape index (κ3) is 2.94. The van der Waals surface area contributed by atoms with Gasteiger partial charge in [0.25, 0.3) is 0 Å². The van der Waals surface area contributed by atoms with Gasteiger partial charge in [-0.2, -0.15) is 0 Å². The number of carbonyl (C=O) groups excluding carboxylic acids is 2. The summed E-state index contributed by atoms with van der Waals surface area (Å²) >= 11 is 0. The second kappa shape index (κ2) is 5.69.